The van der Waals surface area contributed by atoms with Gasteiger partial charge < -0.3 is 15.0 Å². The number of nitrogens with one attached hydrogen (secondary N) is 2. The SMILES string of the molecule is CC(=O)c1c(C)[nH]c(C(=O)N[C@@H](C)CN2CCOCC2)c1C. The van der Waals surface area contributed by atoms with Gasteiger partial charge in [0.2, 0.25) is 0 Å². The Labute approximate surface area is 131 Å². The molecule has 1 fully saturated rings. The number of rotatable bonds is 5. The first-order chi connectivity index (χ1) is 10.4. The Bertz CT molecular complexity index is 559. The minimum Gasteiger partial charge on any atom is -0.379 e. The molecular formula is C16H25N3O3. The number of carbonyl (C=O) groups is 2. The molecule has 0 aliphatic carbocycles. The van der Waals surface area contributed by atoms with Crippen LogP contribution >= 0.6 is 0 Å². The minimum atomic E-state index is -0.158. The summed E-state index contributed by atoms with van der Waals surface area (Å²) in [7, 11) is 0. The molecular weight excluding hydrogens is 282 g/mol. The molecule has 0 spiro atoms. The summed E-state index contributed by atoms with van der Waals surface area (Å²) in [6.07, 6.45) is 0. The van der Waals surface area contributed by atoms with E-state index in [0.29, 0.717) is 11.3 Å². The van der Waals surface area contributed by atoms with E-state index in [1.54, 1.807) is 0 Å². The molecule has 1 aromatic heterocycles. The molecule has 1 amide bonds. The molecule has 0 bridgehead atoms. The fourth-order valence-electron chi connectivity index (χ4n) is 3.02. The standard InChI is InChI=1S/C16H25N3O3/c1-10(9-19-5-7-22-8-6-19)17-16(21)15-11(2)14(13(4)20)12(3)18-15/h10,18H,5-9H2,1-4H3,(H,17,21)/t10-/m0/s1. The van der Waals surface area contributed by atoms with Gasteiger partial charge in [-0.15, -0.1) is 0 Å². The quantitative estimate of drug-likeness (QED) is 0.804. The molecule has 2 rings (SSSR count). The predicted molar refractivity (Wildman–Crippen MR) is 84.5 cm³/mol. The van der Waals surface area contributed by atoms with Crippen molar-refractivity contribution >= 4 is 11.7 Å². The lowest BCUT2D eigenvalue weighted by Crippen LogP contribution is -2.46. The van der Waals surface area contributed by atoms with E-state index < -0.39 is 0 Å². The van der Waals surface area contributed by atoms with Crippen molar-refractivity contribution in [3.05, 3.63) is 22.5 Å². The van der Waals surface area contributed by atoms with E-state index in [1.807, 2.05) is 20.8 Å². The Morgan fingerprint density at radius 2 is 1.95 bits per heavy atom. The van der Waals surface area contributed by atoms with Crippen LogP contribution in [0, 0.1) is 13.8 Å². The summed E-state index contributed by atoms with van der Waals surface area (Å²) in [5, 5.41) is 3.00. The highest BCUT2D eigenvalue weighted by Gasteiger charge is 2.21. The van der Waals surface area contributed by atoms with Gasteiger partial charge >= 0.3 is 0 Å². The number of aromatic amines is 1. The van der Waals surface area contributed by atoms with Crippen LogP contribution in [0.15, 0.2) is 0 Å². The highest BCUT2D eigenvalue weighted by molar-refractivity contribution is 6.02. The van der Waals surface area contributed by atoms with Crippen molar-refractivity contribution in [3.63, 3.8) is 0 Å². The summed E-state index contributed by atoms with van der Waals surface area (Å²) in [5.74, 6) is -0.180. The topological polar surface area (TPSA) is 74.4 Å². The Morgan fingerprint density at radius 1 is 1.32 bits per heavy atom. The van der Waals surface area contributed by atoms with Gasteiger partial charge in [-0.2, -0.15) is 0 Å². The smallest absolute Gasteiger partial charge is 0.268 e. The zero-order chi connectivity index (χ0) is 16.3. The van der Waals surface area contributed by atoms with Gasteiger partial charge in [0.15, 0.2) is 5.78 Å². The summed E-state index contributed by atoms with van der Waals surface area (Å²) < 4.78 is 5.32. The summed E-state index contributed by atoms with van der Waals surface area (Å²) in [6.45, 7) is 11.2. The fourth-order valence-corrected chi connectivity index (χ4v) is 3.02. The van der Waals surface area contributed by atoms with Gasteiger partial charge in [-0.05, 0) is 33.3 Å². The molecule has 122 valence electrons. The Hall–Kier alpha value is -1.66. The van der Waals surface area contributed by atoms with Gasteiger partial charge in [-0.1, -0.05) is 0 Å². The Balaban J connectivity index is 1.99. The number of amides is 1. The molecule has 0 unspecified atom stereocenters. The lowest BCUT2D eigenvalue weighted by Gasteiger charge is -2.29. The molecule has 1 aliphatic heterocycles. The number of morpholine rings is 1. The lowest BCUT2D eigenvalue weighted by atomic mass is 10.1. The largest absolute Gasteiger partial charge is 0.379 e. The first-order valence-corrected chi connectivity index (χ1v) is 7.71. The number of hydrogen-bond acceptors (Lipinski definition) is 4. The van der Waals surface area contributed by atoms with Crippen molar-refractivity contribution in [3.8, 4) is 0 Å². The van der Waals surface area contributed by atoms with E-state index >= 15 is 0 Å². The normalized spacial score (nSPS) is 17.3. The average Bonchev–Trinajstić information content (AvgIpc) is 2.75. The van der Waals surface area contributed by atoms with Crippen molar-refractivity contribution < 1.29 is 14.3 Å². The van der Waals surface area contributed by atoms with Crippen LogP contribution in [-0.2, 0) is 4.74 Å². The van der Waals surface area contributed by atoms with Crippen molar-refractivity contribution in [2.24, 2.45) is 0 Å². The number of aromatic nitrogens is 1. The molecule has 2 N–H and O–H groups in total. The van der Waals surface area contributed by atoms with Gasteiger partial charge in [0.05, 0.1) is 13.2 Å². The first kappa shape index (κ1) is 16.7. The van der Waals surface area contributed by atoms with Crippen molar-refractivity contribution in [1.82, 2.24) is 15.2 Å². The third-order valence-corrected chi connectivity index (χ3v) is 4.03. The van der Waals surface area contributed by atoms with Crippen LogP contribution in [0.2, 0.25) is 0 Å². The van der Waals surface area contributed by atoms with Gasteiger partial charge in [0.1, 0.15) is 5.69 Å². The van der Waals surface area contributed by atoms with Crippen LogP contribution in [0.4, 0.5) is 0 Å². The summed E-state index contributed by atoms with van der Waals surface area (Å²) in [6, 6.07) is 0.0365. The maximum atomic E-state index is 12.4. The predicted octanol–water partition coefficient (Wildman–Crippen LogP) is 1.28. The molecule has 2 heterocycles. The molecule has 1 aromatic rings. The van der Waals surface area contributed by atoms with Crippen molar-refractivity contribution in [2.75, 3.05) is 32.8 Å². The molecule has 1 aliphatic rings. The second kappa shape index (κ2) is 7.07. The molecule has 6 heteroatoms. The number of ether oxygens (including phenoxy) is 1. The zero-order valence-corrected chi connectivity index (χ0v) is 13.8. The van der Waals surface area contributed by atoms with Gasteiger partial charge in [-0.25, -0.2) is 0 Å². The summed E-state index contributed by atoms with van der Waals surface area (Å²) in [4.78, 5) is 29.4. The van der Waals surface area contributed by atoms with E-state index in [1.165, 1.54) is 6.92 Å². The lowest BCUT2D eigenvalue weighted by molar-refractivity contribution is 0.0342. The summed E-state index contributed by atoms with van der Waals surface area (Å²) >= 11 is 0. The zero-order valence-electron chi connectivity index (χ0n) is 13.8. The molecule has 1 saturated heterocycles. The average molecular weight is 307 g/mol. The number of aryl methyl sites for hydroxylation is 1. The first-order valence-electron chi connectivity index (χ1n) is 7.71. The summed E-state index contributed by atoms with van der Waals surface area (Å²) in [5.41, 5.74) is 2.57. The highest BCUT2D eigenvalue weighted by atomic mass is 16.5. The van der Waals surface area contributed by atoms with Crippen LogP contribution in [-0.4, -0.2) is 60.5 Å². The number of nitrogens with zero attached hydrogens (tertiary/aromatic N) is 1. The Morgan fingerprint density at radius 3 is 2.50 bits per heavy atom. The van der Waals surface area contributed by atoms with E-state index in [2.05, 4.69) is 15.2 Å². The molecule has 0 radical (unpaired) electrons. The Kier molecular flexibility index (Phi) is 5.37. The third-order valence-electron chi connectivity index (χ3n) is 4.03. The molecule has 1 atom stereocenters. The maximum Gasteiger partial charge on any atom is 0.268 e. The van der Waals surface area contributed by atoms with Crippen molar-refractivity contribution in [2.45, 2.75) is 33.7 Å². The number of hydrogen-bond donors (Lipinski definition) is 2. The van der Waals surface area contributed by atoms with Crippen LogP contribution in [0.5, 0.6) is 0 Å². The molecule has 0 saturated carbocycles. The van der Waals surface area contributed by atoms with E-state index in [-0.39, 0.29) is 17.7 Å². The minimum absolute atomic E-state index is 0.0216. The van der Waals surface area contributed by atoms with E-state index in [4.69, 9.17) is 4.74 Å². The van der Waals surface area contributed by atoms with Crippen LogP contribution < -0.4 is 5.32 Å². The van der Waals surface area contributed by atoms with Crippen LogP contribution in [0.25, 0.3) is 0 Å². The van der Waals surface area contributed by atoms with Crippen molar-refractivity contribution in [1.29, 1.82) is 0 Å². The highest BCUT2D eigenvalue weighted by Crippen LogP contribution is 2.18. The second-order valence-corrected chi connectivity index (χ2v) is 5.97. The number of H-pyrrole nitrogens is 1. The molecule has 6 nitrogen and oxygen atoms in total. The molecule has 22 heavy (non-hydrogen) atoms. The second-order valence-electron chi connectivity index (χ2n) is 5.97. The van der Waals surface area contributed by atoms with Gasteiger partial charge in [0, 0.05) is 36.9 Å². The molecule has 0 aromatic carbocycles. The van der Waals surface area contributed by atoms with E-state index in [0.717, 1.165) is 44.1 Å². The van der Waals surface area contributed by atoms with Gasteiger partial charge in [0.25, 0.3) is 5.91 Å². The van der Waals surface area contributed by atoms with Crippen LogP contribution in [0.1, 0.15) is 46.0 Å². The van der Waals surface area contributed by atoms with E-state index in [9.17, 15) is 9.59 Å². The van der Waals surface area contributed by atoms with Crippen LogP contribution in [0.3, 0.4) is 0 Å². The number of ketones is 1. The maximum absolute atomic E-state index is 12.4. The monoisotopic (exact) mass is 307 g/mol. The third kappa shape index (κ3) is 3.75. The fraction of sp³-hybridized carbons (Fsp3) is 0.625. The van der Waals surface area contributed by atoms with Gasteiger partial charge in [-0.3, -0.25) is 14.5 Å². The number of carbonyl (C=O) groups excluding carboxylic acids is 2. The number of Topliss-reactive ketones (excluding diaryl/α,β-unsaturated/α-hetero) is 1.